The fraction of sp³-hybridized carbons (Fsp3) is 0.688. The van der Waals surface area contributed by atoms with E-state index in [-0.39, 0.29) is 0 Å². The zero-order chi connectivity index (χ0) is 15.2. The van der Waals surface area contributed by atoms with Crippen LogP contribution in [0.3, 0.4) is 0 Å². The van der Waals surface area contributed by atoms with E-state index in [1.165, 1.54) is 31.5 Å². The second-order valence-electron chi connectivity index (χ2n) is 5.05. The molecular formula is C16H32N4. The van der Waals surface area contributed by atoms with Crippen molar-refractivity contribution in [3.8, 4) is 0 Å². The molecule has 0 bridgehead atoms. The van der Waals surface area contributed by atoms with Crippen molar-refractivity contribution < 1.29 is 0 Å². The van der Waals surface area contributed by atoms with Gasteiger partial charge in [-0.25, -0.2) is 0 Å². The molecule has 1 saturated heterocycles. The molecule has 0 radical (unpaired) electrons. The van der Waals surface area contributed by atoms with E-state index in [9.17, 15) is 0 Å². The van der Waals surface area contributed by atoms with Gasteiger partial charge in [0, 0.05) is 18.9 Å². The Morgan fingerprint density at radius 3 is 2.50 bits per heavy atom. The predicted molar refractivity (Wildman–Crippen MR) is 88.0 cm³/mol. The third kappa shape index (κ3) is 9.02. The number of hydrogen-bond acceptors (Lipinski definition) is 4. The monoisotopic (exact) mass is 280 g/mol. The summed E-state index contributed by atoms with van der Waals surface area (Å²) in [5, 5.41) is 3.02. The van der Waals surface area contributed by atoms with Gasteiger partial charge < -0.3 is 16.0 Å². The van der Waals surface area contributed by atoms with Gasteiger partial charge in [-0.15, -0.1) is 0 Å². The molecule has 0 aliphatic carbocycles. The highest BCUT2D eigenvalue weighted by Crippen LogP contribution is 2.24. The first-order chi connectivity index (χ1) is 9.69. The lowest BCUT2D eigenvalue weighted by atomic mass is 10.0. The molecule has 0 amide bonds. The summed E-state index contributed by atoms with van der Waals surface area (Å²) in [6.45, 7) is 8.35. The van der Waals surface area contributed by atoms with Gasteiger partial charge in [0.25, 0.3) is 0 Å². The van der Waals surface area contributed by atoms with Crippen molar-refractivity contribution >= 4 is 0 Å². The van der Waals surface area contributed by atoms with Crippen molar-refractivity contribution in [1.82, 2.24) is 15.2 Å². The summed E-state index contributed by atoms with van der Waals surface area (Å²) in [6, 6.07) is 4.20. The Labute approximate surface area is 124 Å². The molecule has 1 aliphatic heterocycles. The third-order valence-electron chi connectivity index (χ3n) is 3.05. The van der Waals surface area contributed by atoms with Crippen LogP contribution in [0.15, 0.2) is 24.5 Å². The Balaban J connectivity index is 0.000000382. The number of likely N-dealkylation sites (tertiary alicyclic amines) is 1. The van der Waals surface area contributed by atoms with Crippen LogP contribution < -0.4 is 11.1 Å². The number of nitrogens with one attached hydrogen (secondary N) is 1. The highest BCUT2D eigenvalue weighted by Gasteiger charge is 2.20. The van der Waals surface area contributed by atoms with Gasteiger partial charge in [0.2, 0.25) is 0 Å². The number of hydrogen-bond donors (Lipinski definition) is 2. The van der Waals surface area contributed by atoms with Crippen LogP contribution in [-0.4, -0.2) is 50.2 Å². The van der Waals surface area contributed by atoms with E-state index in [0.29, 0.717) is 5.92 Å². The summed E-state index contributed by atoms with van der Waals surface area (Å²) in [7, 11) is 4.14. The second kappa shape index (κ2) is 13.0. The molecule has 20 heavy (non-hydrogen) atoms. The average Bonchev–Trinajstić information content (AvgIpc) is 2.89. The number of rotatable bonds is 3. The lowest BCUT2D eigenvalue weighted by Gasteiger charge is -2.09. The standard InChI is InChI=1S/C10H14N2.C4H11N.C2H7N/c1-12-6-4-10(8-12)9-3-2-5-11-7-9;1-3-4-5-2;1-2-3/h2-3,5,7,10H,4,6,8H2,1H3;5H,3-4H2,1-2H3;2-3H2,1H3. The van der Waals surface area contributed by atoms with Gasteiger partial charge in [0.15, 0.2) is 0 Å². The van der Waals surface area contributed by atoms with Crippen LogP contribution in [0.5, 0.6) is 0 Å². The molecule has 116 valence electrons. The van der Waals surface area contributed by atoms with Crippen LogP contribution in [0, 0.1) is 0 Å². The highest BCUT2D eigenvalue weighted by atomic mass is 15.1. The normalized spacial score (nSPS) is 17.8. The topological polar surface area (TPSA) is 54.2 Å². The van der Waals surface area contributed by atoms with Gasteiger partial charge in [-0.05, 0) is 64.1 Å². The zero-order valence-electron chi connectivity index (χ0n) is 13.6. The van der Waals surface area contributed by atoms with Crippen molar-refractivity contribution in [2.24, 2.45) is 5.73 Å². The maximum atomic E-state index is 4.85. The van der Waals surface area contributed by atoms with Crippen molar-refractivity contribution in [3.05, 3.63) is 30.1 Å². The summed E-state index contributed by atoms with van der Waals surface area (Å²) in [5.74, 6) is 0.712. The second-order valence-corrected chi connectivity index (χ2v) is 5.05. The van der Waals surface area contributed by atoms with Gasteiger partial charge in [0.1, 0.15) is 0 Å². The lowest BCUT2D eigenvalue weighted by molar-refractivity contribution is 0.411. The first kappa shape index (κ1) is 19.0. The van der Waals surface area contributed by atoms with Crippen molar-refractivity contribution in [3.63, 3.8) is 0 Å². The molecule has 1 aromatic rings. The van der Waals surface area contributed by atoms with Gasteiger partial charge in [-0.3, -0.25) is 4.98 Å². The number of aromatic nitrogens is 1. The Kier molecular flexibility index (Phi) is 12.4. The lowest BCUT2D eigenvalue weighted by Crippen LogP contribution is -2.13. The molecule has 1 atom stereocenters. The number of nitrogens with zero attached hydrogens (tertiary/aromatic N) is 2. The largest absolute Gasteiger partial charge is 0.331 e. The third-order valence-corrected chi connectivity index (χ3v) is 3.05. The molecule has 3 N–H and O–H groups in total. The van der Waals surface area contributed by atoms with Crippen LogP contribution in [-0.2, 0) is 0 Å². The fourth-order valence-corrected chi connectivity index (χ4v) is 2.07. The quantitative estimate of drug-likeness (QED) is 0.890. The molecule has 2 heterocycles. The molecule has 4 heteroatoms. The zero-order valence-corrected chi connectivity index (χ0v) is 13.6. The van der Waals surface area contributed by atoms with Crippen molar-refractivity contribution in [2.75, 3.05) is 40.3 Å². The molecule has 1 aliphatic rings. The van der Waals surface area contributed by atoms with E-state index in [2.05, 4.69) is 35.2 Å². The van der Waals surface area contributed by atoms with Gasteiger partial charge in [-0.1, -0.05) is 19.9 Å². The van der Waals surface area contributed by atoms with E-state index >= 15 is 0 Å². The van der Waals surface area contributed by atoms with Crippen LogP contribution in [0.1, 0.15) is 38.2 Å². The Morgan fingerprint density at radius 1 is 1.45 bits per heavy atom. The molecule has 4 nitrogen and oxygen atoms in total. The van der Waals surface area contributed by atoms with Crippen LogP contribution in [0.2, 0.25) is 0 Å². The predicted octanol–water partition coefficient (Wildman–Crippen LogP) is 2.08. The maximum absolute atomic E-state index is 4.85. The van der Waals surface area contributed by atoms with Gasteiger partial charge in [-0.2, -0.15) is 0 Å². The number of nitrogens with two attached hydrogens (primary N) is 1. The summed E-state index contributed by atoms with van der Waals surface area (Å²) < 4.78 is 0. The Hall–Kier alpha value is -0.970. The van der Waals surface area contributed by atoms with Gasteiger partial charge in [0.05, 0.1) is 0 Å². The minimum absolute atomic E-state index is 0.712. The SMILES string of the molecule is CCCNC.CCN.CN1CCC(c2cccnc2)C1. The minimum Gasteiger partial charge on any atom is -0.331 e. The van der Waals surface area contributed by atoms with E-state index in [1.807, 2.05) is 32.4 Å². The van der Waals surface area contributed by atoms with E-state index in [1.54, 1.807) is 0 Å². The van der Waals surface area contributed by atoms with Crippen molar-refractivity contribution in [1.29, 1.82) is 0 Å². The molecule has 1 aromatic heterocycles. The molecule has 1 fully saturated rings. The van der Waals surface area contributed by atoms with E-state index in [0.717, 1.165) is 13.1 Å². The fourth-order valence-electron chi connectivity index (χ4n) is 2.07. The molecule has 1 unspecified atom stereocenters. The van der Waals surface area contributed by atoms with Gasteiger partial charge >= 0.3 is 0 Å². The molecule has 0 spiro atoms. The van der Waals surface area contributed by atoms with Crippen LogP contribution in [0.4, 0.5) is 0 Å². The minimum atomic E-state index is 0.712. The number of likely N-dealkylation sites (N-methyl/N-ethyl adjacent to an activating group) is 1. The summed E-state index contributed by atoms with van der Waals surface area (Å²) in [6.07, 6.45) is 6.34. The number of pyridine rings is 1. The summed E-state index contributed by atoms with van der Waals surface area (Å²) >= 11 is 0. The Morgan fingerprint density at radius 2 is 2.15 bits per heavy atom. The smallest absolute Gasteiger partial charge is 0.0303 e. The maximum Gasteiger partial charge on any atom is 0.0303 e. The molecule has 2 rings (SSSR count). The average molecular weight is 280 g/mol. The molecular weight excluding hydrogens is 248 g/mol. The van der Waals surface area contributed by atoms with Crippen LogP contribution in [0.25, 0.3) is 0 Å². The van der Waals surface area contributed by atoms with Crippen LogP contribution >= 0.6 is 0 Å². The molecule has 0 saturated carbocycles. The first-order valence-electron chi connectivity index (χ1n) is 7.62. The van der Waals surface area contributed by atoms with E-state index in [4.69, 9.17) is 5.73 Å². The highest BCUT2D eigenvalue weighted by molar-refractivity contribution is 5.16. The van der Waals surface area contributed by atoms with E-state index < -0.39 is 0 Å². The first-order valence-corrected chi connectivity index (χ1v) is 7.62. The van der Waals surface area contributed by atoms with Crippen molar-refractivity contribution in [2.45, 2.75) is 32.6 Å². The summed E-state index contributed by atoms with van der Waals surface area (Å²) in [5.41, 5.74) is 6.24. The summed E-state index contributed by atoms with van der Waals surface area (Å²) in [4.78, 5) is 6.51. The Bertz CT molecular complexity index is 301. The molecule has 0 aromatic carbocycles.